The van der Waals surface area contributed by atoms with Crippen molar-refractivity contribution in [2.24, 2.45) is 5.73 Å². The van der Waals surface area contributed by atoms with E-state index in [4.69, 9.17) is 22.4 Å². The van der Waals surface area contributed by atoms with E-state index in [9.17, 15) is 17.2 Å². The monoisotopic (exact) mass is 328 g/mol. The van der Waals surface area contributed by atoms with Crippen molar-refractivity contribution in [2.45, 2.75) is 17.9 Å². The molecule has 0 saturated carbocycles. The maximum absolute atomic E-state index is 12.4. The fraction of sp³-hybridized carbons (Fsp3) is 0.455. The third-order valence-corrected chi connectivity index (χ3v) is 4.89. The van der Waals surface area contributed by atoms with Crippen LogP contribution in [0.3, 0.4) is 0 Å². The molecule has 0 amide bonds. The summed E-state index contributed by atoms with van der Waals surface area (Å²) in [6.45, 7) is -1.82. The van der Waals surface area contributed by atoms with Crippen LogP contribution in [0, 0.1) is 0 Å². The molecule has 1 aromatic carbocycles. The molecular weight excluding hydrogens is 314 g/mol. The molecule has 0 unspecified atom stereocenters. The SMILES string of the molecule is NCc1ccc(S(=O)(=O)N(CCO)CC(F)F)c(Cl)c1. The number of halogens is 3. The minimum absolute atomic E-state index is 0.0924. The lowest BCUT2D eigenvalue weighted by Gasteiger charge is -2.21. The molecule has 0 saturated heterocycles. The average Bonchev–Trinajstić information content (AvgIpc) is 2.37. The molecule has 0 aliphatic heterocycles. The number of hydrogen-bond acceptors (Lipinski definition) is 4. The lowest BCUT2D eigenvalue weighted by molar-refractivity contribution is 0.113. The molecule has 0 aliphatic rings. The van der Waals surface area contributed by atoms with E-state index in [1.165, 1.54) is 18.2 Å². The van der Waals surface area contributed by atoms with Crippen molar-refractivity contribution in [3.05, 3.63) is 28.8 Å². The fourth-order valence-electron chi connectivity index (χ4n) is 1.59. The maximum atomic E-state index is 12.4. The summed E-state index contributed by atoms with van der Waals surface area (Å²) in [5, 5.41) is 8.72. The van der Waals surface area contributed by atoms with Crippen LogP contribution in [-0.2, 0) is 16.6 Å². The van der Waals surface area contributed by atoms with E-state index in [2.05, 4.69) is 0 Å². The lowest BCUT2D eigenvalue weighted by atomic mass is 10.2. The molecule has 0 bridgehead atoms. The molecule has 0 atom stereocenters. The zero-order valence-electron chi connectivity index (χ0n) is 10.5. The molecule has 0 aromatic heterocycles. The van der Waals surface area contributed by atoms with Gasteiger partial charge in [0.1, 0.15) is 4.90 Å². The largest absolute Gasteiger partial charge is 0.395 e. The van der Waals surface area contributed by atoms with Crippen molar-refractivity contribution in [3.63, 3.8) is 0 Å². The highest BCUT2D eigenvalue weighted by atomic mass is 35.5. The van der Waals surface area contributed by atoms with Gasteiger partial charge < -0.3 is 10.8 Å². The van der Waals surface area contributed by atoms with Gasteiger partial charge in [-0.25, -0.2) is 17.2 Å². The van der Waals surface area contributed by atoms with Gasteiger partial charge in [0.15, 0.2) is 0 Å². The number of sulfonamides is 1. The van der Waals surface area contributed by atoms with Crippen LogP contribution in [0.25, 0.3) is 0 Å². The van der Waals surface area contributed by atoms with Gasteiger partial charge in [0.25, 0.3) is 6.43 Å². The van der Waals surface area contributed by atoms with Crippen LogP contribution in [-0.4, -0.2) is 44.0 Å². The summed E-state index contributed by atoms with van der Waals surface area (Å²) >= 11 is 5.86. The summed E-state index contributed by atoms with van der Waals surface area (Å²) in [7, 11) is -4.19. The van der Waals surface area contributed by atoms with Gasteiger partial charge in [0.2, 0.25) is 10.0 Å². The fourth-order valence-corrected chi connectivity index (χ4v) is 3.54. The van der Waals surface area contributed by atoms with Crippen LogP contribution in [0.15, 0.2) is 23.1 Å². The van der Waals surface area contributed by atoms with Crippen molar-refractivity contribution in [2.75, 3.05) is 19.7 Å². The Balaban J connectivity index is 3.18. The van der Waals surface area contributed by atoms with E-state index in [1.807, 2.05) is 0 Å². The molecule has 0 heterocycles. The molecule has 114 valence electrons. The average molecular weight is 329 g/mol. The zero-order valence-corrected chi connectivity index (χ0v) is 12.0. The van der Waals surface area contributed by atoms with Crippen molar-refractivity contribution >= 4 is 21.6 Å². The molecule has 1 aromatic rings. The van der Waals surface area contributed by atoms with Gasteiger partial charge in [-0.2, -0.15) is 4.31 Å². The number of rotatable bonds is 7. The third-order valence-electron chi connectivity index (χ3n) is 2.54. The second kappa shape index (κ2) is 7.28. The number of hydrogen-bond donors (Lipinski definition) is 2. The lowest BCUT2D eigenvalue weighted by Crippen LogP contribution is -2.37. The normalized spacial score (nSPS) is 12.3. The first-order valence-corrected chi connectivity index (χ1v) is 7.52. The Bertz CT molecular complexity index is 555. The first kappa shape index (κ1) is 17.3. The molecule has 9 heteroatoms. The van der Waals surface area contributed by atoms with Gasteiger partial charge in [0.05, 0.1) is 18.2 Å². The molecule has 3 N–H and O–H groups in total. The highest BCUT2D eigenvalue weighted by Crippen LogP contribution is 2.26. The van der Waals surface area contributed by atoms with Gasteiger partial charge in [-0.05, 0) is 17.7 Å². The molecule has 5 nitrogen and oxygen atoms in total. The molecule has 0 fully saturated rings. The van der Waals surface area contributed by atoms with Crippen molar-refractivity contribution in [1.29, 1.82) is 0 Å². The summed E-state index contributed by atoms with van der Waals surface area (Å²) < 4.78 is 49.9. The van der Waals surface area contributed by atoms with Gasteiger partial charge in [-0.15, -0.1) is 0 Å². The first-order valence-electron chi connectivity index (χ1n) is 5.70. The van der Waals surface area contributed by atoms with Crippen molar-refractivity contribution < 1.29 is 22.3 Å². The van der Waals surface area contributed by atoms with Crippen LogP contribution in [0.1, 0.15) is 5.56 Å². The summed E-state index contributed by atoms with van der Waals surface area (Å²) in [6, 6.07) is 4.04. The highest BCUT2D eigenvalue weighted by Gasteiger charge is 2.28. The van der Waals surface area contributed by atoms with Crippen LogP contribution >= 0.6 is 11.6 Å². The summed E-state index contributed by atoms with van der Waals surface area (Å²) in [6.07, 6.45) is -2.85. The molecule has 0 radical (unpaired) electrons. The molecule has 20 heavy (non-hydrogen) atoms. The maximum Gasteiger partial charge on any atom is 0.252 e. The van der Waals surface area contributed by atoms with Crippen molar-refractivity contribution in [1.82, 2.24) is 4.31 Å². The Morgan fingerprint density at radius 2 is 2.05 bits per heavy atom. The van der Waals surface area contributed by atoms with E-state index >= 15 is 0 Å². The number of nitrogens with two attached hydrogens (primary N) is 1. The molecular formula is C11H15ClF2N2O3S. The number of benzene rings is 1. The summed E-state index contributed by atoms with van der Waals surface area (Å²) in [5.41, 5.74) is 6.02. The smallest absolute Gasteiger partial charge is 0.252 e. The molecule has 1 rings (SSSR count). The van der Waals surface area contributed by atoms with E-state index in [0.29, 0.717) is 9.87 Å². The number of aliphatic hydroxyl groups excluding tert-OH is 1. The zero-order chi connectivity index (χ0) is 15.3. The van der Waals surface area contributed by atoms with Gasteiger partial charge in [-0.3, -0.25) is 0 Å². The van der Waals surface area contributed by atoms with Gasteiger partial charge in [0, 0.05) is 13.1 Å². The van der Waals surface area contributed by atoms with E-state index in [0.717, 1.165) is 0 Å². The number of aliphatic hydroxyl groups is 1. The highest BCUT2D eigenvalue weighted by molar-refractivity contribution is 7.89. The summed E-state index contributed by atoms with van der Waals surface area (Å²) in [4.78, 5) is -0.287. The van der Waals surface area contributed by atoms with Gasteiger partial charge in [-0.1, -0.05) is 17.7 Å². The molecule has 0 aliphatic carbocycles. The predicted octanol–water partition coefficient (Wildman–Crippen LogP) is 1.05. The summed E-state index contributed by atoms with van der Waals surface area (Å²) in [5.74, 6) is 0. The molecule has 0 spiro atoms. The second-order valence-corrected chi connectivity index (χ2v) is 6.26. The Kier molecular flexibility index (Phi) is 6.28. The van der Waals surface area contributed by atoms with Crippen molar-refractivity contribution in [3.8, 4) is 0 Å². The minimum Gasteiger partial charge on any atom is -0.395 e. The standard InChI is InChI=1S/C11H15ClF2N2O3S/c12-9-5-8(6-15)1-2-10(9)20(18,19)16(3-4-17)7-11(13)14/h1-2,5,11,17H,3-4,6-7,15H2. The Morgan fingerprint density at radius 3 is 2.50 bits per heavy atom. The Labute approximate surface area is 121 Å². The first-order chi connectivity index (χ1) is 9.32. The topological polar surface area (TPSA) is 83.6 Å². The van der Waals surface area contributed by atoms with E-state index in [1.54, 1.807) is 0 Å². The van der Waals surface area contributed by atoms with Crippen LogP contribution in [0.4, 0.5) is 8.78 Å². The Morgan fingerprint density at radius 1 is 1.40 bits per heavy atom. The van der Waals surface area contributed by atoms with Gasteiger partial charge >= 0.3 is 0 Å². The predicted molar refractivity (Wildman–Crippen MR) is 71.2 cm³/mol. The van der Waals surface area contributed by atoms with Crippen LogP contribution in [0.2, 0.25) is 5.02 Å². The second-order valence-electron chi connectivity index (χ2n) is 3.95. The van der Waals surface area contributed by atoms with Crippen LogP contribution < -0.4 is 5.73 Å². The van der Waals surface area contributed by atoms with E-state index < -0.39 is 36.1 Å². The van der Waals surface area contributed by atoms with Crippen LogP contribution in [0.5, 0.6) is 0 Å². The Hall–Kier alpha value is -0.800. The number of nitrogens with zero attached hydrogens (tertiary/aromatic N) is 1. The number of alkyl halides is 2. The minimum atomic E-state index is -4.19. The van der Waals surface area contributed by atoms with E-state index in [-0.39, 0.29) is 16.5 Å². The third kappa shape index (κ3) is 4.10. The quantitative estimate of drug-likeness (QED) is 0.783.